The number of nitrogens with one attached hydrogen (secondary N) is 1. The highest BCUT2D eigenvalue weighted by Gasteiger charge is 2.39. The summed E-state index contributed by atoms with van der Waals surface area (Å²) in [6, 6.07) is 0.349. The smallest absolute Gasteiger partial charge is 0.317 e. The number of rotatable bonds is 2. The van der Waals surface area contributed by atoms with Crippen LogP contribution < -0.4 is 5.32 Å². The summed E-state index contributed by atoms with van der Waals surface area (Å²) in [5.74, 6) is 0. The zero-order valence-electron chi connectivity index (χ0n) is 13.8. The van der Waals surface area contributed by atoms with Crippen LogP contribution in [0.3, 0.4) is 0 Å². The molecule has 0 bridgehead atoms. The summed E-state index contributed by atoms with van der Waals surface area (Å²) < 4.78 is 11.8. The van der Waals surface area contributed by atoms with Gasteiger partial charge in [0.2, 0.25) is 0 Å². The molecule has 5 heteroatoms. The molecular weight excluding hydrogens is 280 g/mol. The zero-order chi connectivity index (χ0) is 15.4. The number of hydrogen-bond donors (Lipinski definition) is 1. The van der Waals surface area contributed by atoms with Gasteiger partial charge in [-0.1, -0.05) is 26.2 Å². The Morgan fingerprint density at radius 2 is 2.09 bits per heavy atom. The van der Waals surface area contributed by atoms with Gasteiger partial charge in [-0.05, 0) is 32.1 Å². The van der Waals surface area contributed by atoms with Gasteiger partial charge in [0.15, 0.2) is 0 Å². The van der Waals surface area contributed by atoms with Crippen molar-refractivity contribution in [2.24, 2.45) is 0 Å². The van der Waals surface area contributed by atoms with Gasteiger partial charge in [-0.25, -0.2) is 4.79 Å². The molecule has 2 unspecified atom stereocenters. The predicted octanol–water partition coefficient (Wildman–Crippen LogP) is 2.69. The SMILES string of the molecule is CCC1CN(C(=O)NC2CCOC3(CCCCC3)C2)CCO1. The van der Waals surface area contributed by atoms with Crippen LogP contribution in [0.15, 0.2) is 0 Å². The maximum Gasteiger partial charge on any atom is 0.317 e. The first kappa shape index (κ1) is 16.1. The van der Waals surface area contributed by atoms with Crippen LogP contribution in [0.4, 0.5) is 4.79 Å². The average molecular weight is 310 g/mol. The molecule has 2 aliphatic heterocycles. The van der Waals surface area contributed by atoms with Crippen LogP contribution in [0.1, 0.15) is 58.3 Å². The van der Waals surface area contributed by atoms with Crippen molar-refractivity contribution in [3.05, 3.63) is 0 Å². The molecule has 126 valence electrons. The highest BCUT2D eigenvalue weighted by Crippen LogP contribution is 2.38. The van der Waals surface area contributed by atoms with Crippen LogP contribution in [0.2, 0.25) is 0 Å². The Bertz CT molecular complexity index is 377. The van der Waals surface area contributed by atoms with E-state index in [0.717, 1.165) is 45.3 Å². The van der Waals surface area contributed by atoms with Crippen LogP contribution in [-0.2, 0) is 9.47 Å². The summed E-state index contributed by atoms with van der Waals surface area (Å²) in [5.41, 5.74) is 0.0470. The van der Waals surface area contributed by atoms with E-state index in [-0.39, 0.29) is 23.8 Å². The fraction of sp³-hybridized carbons (Fsp3) is 0.941. The number of morpholine rings is 1. The van der Waals surface area contributed by atoms with E-state index in [0.29, 0.717) is 13.2 Å². The van der Waals surface area contributed by atoms with Gasteiger partial charge >= 0.3 is 6.03 Å². The van der Waals surface area contributed by atoms with E-state index in [4.69, 9.17) is 9.47 Å². The highest BCUT2D eigenvalue weighted by molar-refractivity contribution is 5.74. The molecule has 2 heterocycles. The Morgan fingerprint density at radius 1 is 1.27 bits per heavy atom. The molecule has 2 amide bonds. The van der Waals surface area contributed by atoms with Crippen molar-refractivity contribution in [2.45, 2.75) is 76.0 Å². The van der Waals surface area contributed by atoms with E-state index in [1.807, 2.05) is 4.90 Å². The third kappa shape index (κ3) is 3.74. The van der Waals surface area contributed by atoms with Crippen LogP contribution >= 0.6 is 0 Å². The van der Waals surface area contributed by atoms with Crippen molar-refractivity contribution in [1.82, 2.24) is 10.2 Å². The topological polar surface area (TPSA) is 50.8 Å². The molecule has 0 aromatic heterocycles. The standard InChI is InChI=1S/C17H30N2O3/c1-2-15-13-19(9-11-21-15)16(20)18-14-6-10-22-17(12-14)7-4-3-5-8-17/h14-15H,2-13H2,1H3,(H,18,20). The van der Waals surface area contributed by atoms with Gasteiger partial charge in [0, 0.05) is 25.7 Å². The lowest BCUT2D eigenvalue weighted by atomic mass is 9.78. The molecule has 5 nitrogen and oxygen atoms in total. The zero-order valence-corrected chi connectivity index (χ0v) is 13.8. The quantitative estimate of drug-likeness (QED) is 0.853. The van der Waals surface area contributed by atoms with E-state index < -0.39 is 0 Å². The van der Waals surface area contributed by atoms with Crippen molar-refractivity contribution in [2.75, 3.05) is 26.3 Å². The summed E-state index contributed by atoms with van der Waals surface area (Å²) in [6.45, 7) is 4.97. The van der Waals surface area contributed by atoms with Gasteiger partial charge in [0.25, 0.3) is 0 Å². The van der Waals surface area contributed by atoms with E-state index in [1.54, 1.807) is 0 Å². The largest absolute Gasteiger partial charge is 0.375 e. The van der Waals surface area contributed by atoms with Crippen molar-refractivity contribution in [3.63, 3.8) is 0 Å². The van der Waals surface area contributed by atoms with E-state index >= 15 is 0 Å². The summed E-state index contributed by atoms with van der Waals surface area (Å²) in [7, 11) is 0. The summed E-state index contributed by atoms with van der Waals surface area (Å²) >= 11 is 0. The lowest BCUT2D eigenvalue weighted by molar-refractivity contribution is -0.108. The van der Waals surface area contributed by atoms with Crippen LogP contribution in [0.5, 0.6) is 0 Å². The van der Waals surface area contributed by atoms with Gasteiger partial charge in [-0.2, -0.15) is 0 Å². The maximum absolute atomic E-state index is 12.5. The number of amides is 2. The first-order chi connectivity index (χ1) is 10.7. The molecule has 3 rings (SSSR count). The van der Waals surface area contributed by atoms with Crippen LogP contribution in [0, 0.1) is 0 Å². The summed E-state index contributed by atoms with van der Waals surface area (Å²) in [5, 5.41) is 3.26. The van der Waals surface area contributed by atoms with Gasteiger partial charge in [-0.15, -0.1) is 0 Å². The molecule has 2 atom stereocenters. The molecule has 3 aliphatic rings. The van der Waals surface area contributed by atoms with Gasteiger partial charge < -0.3 is 19.7 Å². The van der Waals surface area contributed by atoms with E-state index in [1.165, 1.54) is 19.3 Å². The second-order valence-corrected chi connectivity index (χ2v) is 7.08. The lowest BCUT2D eigenvalue weighted by Crippen LogP contribution is -2.55. The maximum atomic E-state index is 12.5. The second kappa shape index (κ2) is 7.18. The van der Waals surface area contributed by atoms with Gasteiger partial charge in [0.05, 0.1) is 18.3 Å². The monoisotopic (exact) mass is 310 g/mol. The number of nitrogens with zero attached hydrogens (tertiary/aromatic N) is 1. The Labute approximate surface area is 133 Å². The number of hydrogen-bond acceptors (Lipinski definition) is 3. The molecule has 3 fully saturated rings. The molecule has 1 saturated carbocycles. The second-order valence-electron chi connectivity index (χ2n) is 7.08. The minimum Gasteiger partial charge on any atom is -0.375 e. The van der Waals surface area contributed by atoms with Crippen molar-refractivity contribution >= 4 is 6.03 Å². The predicted molar refractivity (Wildman–Crippen MR) is 84.9 cm³/mol. The number of urea groups is 1. The molecule has 2 saturated heterocycles. The molecule has 1 spiro atoms. The van der Waals surface area contributed by atoms with E-state index in [2.05, 4.69) is 12.2 Å². The summed E-state index contributed by atoms with van der Waals surface area (Å²) in [6.07, 6.45) is 9.26. The average Bonchev–Trinajstić information content (AvgIpc) is 2.55. The third-order valence-electron chi connectivity index (χ3n) is 5.47. The molecule has 1 N–H and O–H groups in total. The number of carbonyl (C=O) groups excluding carboxylic acids is 1. The first-order valence-electron chi connectivity index (χ1n) is 9.02. The Kier molecular flexibility index (Phi) is 5.24. The number of ether oxygens (including phenoxy) is 2. The first-order valence-corrected chi connectivity index (χ1v) is 9.02. The van der Waals surface area contributed by atoms with Crippen molar-refractivity contribution in [3.8, 4) is 0 Å². The van der Waals surface area contributed by atoms with E-state index in [9.17, 15) is 4.79 Å². The van der Waals surface area contributed by atoms with Crippen molar-refractivity contribution in [1.29, 1.82) is 0 Å². The summed E-state index contributed by atoms with van der Waals surface area (Å²) in [4.78, 5) is 14.4. The Balaban J connectivity index is 1.52. The van der Waals surface area contributed by atoms with Crippen LogP contribution in [0.25, 0.3) is 0 Å². The molecule has 1 aliphatic carbocycles. The normalized spacial score (nSPS) is 32.0. The molecule has 0 aromatic carbocycles. The Hall–Kier alpha value is -0.810. The minimum atomic E-state index is 0.0470. The highest BCUT2D eigenvalue weighted by atomic mass is 16.5. The van der Waals surface area contributed by atoms with Crippen LogP contribution in [-0.4, -0.2) is 55.0 Å². The van der Waals surface area contributed by atoms with Gasteiger partial charge in [-0.3, -0.25) is 0 Å². The lowest BCUT2D eigenvalue weighted by Gasteiger charge is -2.44. The minimum absolute atomic E-state index is 0.0470. The molecule has 0 radical (unpaired) electrons. The number of carbonyl (C=O) groups is 1. The van der Waals surface area contributed by atoms with Gasteiger partial charge in [0.1, 0.15) is 0 Å². The molecule has 0 aromatic rings. The fourth-order valence-electron chi connectivity index (χ4n) is 4.11. The third-order valence-corrected chi connectivity index (χ3v) is 5.47. The molecular formula is C17H30N2O3. The Morgan fingerprint density at radius 3 is 2.86 bits per heavy atom. The van der Waals surface area contributed by atoms with Crippen molar-refractivity contribution < 1.29 is 14.3 Å². The molecule has 22 heavy (non-hydrogen) atoms. The fourth-order valence-corrected chi connectivity index (χ4v) is 4.11.